The van der Waals surface area contributed by atoms with Crippen molar-refractivity contribution in [3.8, 4) is 5.69 Å². The zero-order chi connectivity index (χ0) is 19.1. The molecule has 27 heavy (non-hydrogen) atoms. The number of methoxy groups -OCH3 is 1. The maximum atomic E-state index is 13.2. The van der Waals surface area contributed by atoms with Crippen LogP contribution >= 0.6 is 0 Å². The molecule has 0 spiro atoms. The van der Waals surface area contributed by atoms with Crippen LogP contribution in [0.3, 0.4) is 0 Å². The molecule has 3 atom stereocenters. The second-order valence-corrected chi connectivity index (χ2v) is 7.53. The zero-order valence-corrected chi connectivity index (χ0v) is 15.5. The monoisotopic (exact) mass is 370 g/mol. The molecule has 1 aromatic carbocycles. The van der Waals surface area contributed by atoms with Crippen molar-refractivity contribution in [2.45, 2.75) is 25.9 Å². The smallest absolute Gasteiger partial charge is 0.268 e. The molecule has 5 nitrogen and oxygen atoms in total. The van der Waals surface area contributed by atoms with Gasteiger partial charge in [0.1, 0.15) is 11.4 Å². The number of aromatic nitrogens is 1. The summed E-state index contributed by atoms with van der Waals surface area (Å²) in [7, 11) is 1.73. The van der Waals surface area contributed by atoms with Crippen LogP contribution in [-0.2, 0) is 4.74 Å². The number of piperidine rings is 1. The van der Waals surface area contributed by atoms with E-state index in [2.05, 4.69) is 0 Å². The van der Waals surface area contributed by atoms with Crippen LogP contribution in [0.4, 0.5) is 4.39 Å². The van der Waals surface area contributed by atoms with Gasteiger partial charge in [0, 0.05) is 43.9 Å². The van der Waals surface area contributed by atoms with Crippen molar-refractivity contribution >= 4 is 5.91 Å². The summed E-state index contributed by atoms with van der Waals surface area (Å²) < 4.78 is 20.2. The van der Waals surface area contributed by atoms with Gasteiger partial charge in [0.25, 0.3) is 11.5 Å². The van der Waals surface area contributed by atoms with Crippen molar-refractivity contribution in [3.63, 3.8) is 0 Å². The van der Waals surface area contributed by atoms with Crippen LogP contribution < -0.4 is 5.56 Å². The number of hydrogen-bond donors (Lipinski definition) is 0. The van der Waals surface area contributed by atoms with E-state index in [1.807, 2.05) is 0 Å². The van der Waals surface area contributed by atoms with Crippen molar-refractivity contribution in [1.82, 2.24) is 9.47 Å². The van der Waals surface area contributed by atoms with Crippen molar-refractivity contribution < 1.29 is 13.9 Å². The molecule has 4 rings (SSSR count). The summed E-state index contributed by atoms with van der Waals surface area (Å²) in [5.41, 5.74) is 1.02. The number of nitrogens with zero attached hydrogens (tertiary/aromatic N) is 2. The topological polar surface area (TPSA) is 51.5 Å². The van der Waals surface area contributed by atoms with Crippen LogP contribution in [0.1, 0.15) is 28.8 Å². The minimum Gasteiger partial charge on any atom is -0.381 e. The number of rotatable bonds is 3. The molecular formula is C21H23FN2O3. The van der Waals surface area contributed by atoms with E-state index in [0.717, 1.165) is 12.8 Å². The number of carbonyl (C=O) groups excluding carboxylic acids is 1. The normalized spacial score (nSPS) is 24.3. The van der Waals surface area contributed by atoms with Crippen LogP contribution in [-0.4, -0.2) is 41.7 Å². The summed E-state index contributed by atoms with van der Waals surface area (Å²) >= 11 is 0. The summed E-state index contributed by atoms with van der Waals surface area (Å²) in [6.45, 7) is 3.02. The fourth-order valence-corrected chi connectivity index (χ4v) is 4.57. The van der Waals surface area contributed by atoms with Crippen LogP contribution in [0.15, 0.2) is 41.3 Å². The van der Waals surface area contributed by atoms with Crippen LogP contribution in [0.5, 0.6) is 0 Å². The quantitative estimate of drug-likeness (QED) is 0.835. The summed E-state index contributed by atoms with van der Waals surface area (Å²) in [4.78, 5) is 28.1. The Bertz CT molecular complexity index is 908. The van der Waals surface area contributed by atoms with Crippen LogP contribution in [0.2, 0.25) is 0 Å². The Morgan fingerprint density at radius 1 is 1.11 bits per heavy atom. The molecule has 6 heteroatoms. The van der Waals surface area contributed by atoms with E-state index in [1.165, 1.54) is 28.8 Å². The van der Waals surface area contributed by atoms with E-state index >= 15 is 0 Å². The number of amides is 1. The number of aryl methyl sites for hydroxylation is 1. The third kappa shape index (κ3) is 3.08. The summed E-state index contributed by atoms with van der Waals surface area (Å²) in [6.07, 6.45) is 3.95. The SMILES string of the molecule is COC1[C@@H]2CC[C@H]1CN(C(=O)c1c(C)ccn(-c3ccc(F)cc3)c1=O)C2. The van der Waals surface area contributed by atoms with Gasteiger partial charge < -0.3 is 9.64 Å². The zero-order valence-electron chi connectivity index (χ0n) is 15.5. The molecule has 2 fully saturated rings. The lowest BCUT2D eigenvalue weighted by Gasteiger charge is -2.37. The van der Waals surface area contributed by atoms with E-state index in [9.17, 15) is 14.0 Å². The Balaban J connectivity index is 1.68. The lowest BCUT2D eigenvalue weighted by molar-refractivity contribution is -0.0114. The van der Waals surface area contributed by atoms with Crippen LogP contribution in [0.25, 0.3) is 5.69 Å². The lowest BCUT2D eigenvalue weighted by atomic mass is 9.94. The van der Waals surface area contributed by atoms with Gasteiger partial charge in [-0.3, -0.25) is 14.2 Å². The molecule has 1 aromatic heterocycles. The van der Waals surface area contributed by atoms with Crippen molar-refractivity contribution in [3.05, 3.63) is 63.8 Å². The fourth-order valence-electron chi connectivity index (χ4n) is 4.57. The van der Waals surface area contributed by atoms with E-state index in [4.69, 9.17) is 4.74 Å². The Kier molecular flexibility index (Phi) is 4.60. The molecule has 1 aliphatic carbocycles. The maximum Gasteiger partial charge on any atom is 0.268 e. The van der Waals surface area contributed by atoms with Crippen molar-refractivity contribution in [1.29, 1.82) is 0 Å². The van der Waals surface area contributed by atoms with Gasteiger partial charge in [0.2, 0.25) is 0 Å². The molecule has 1 unspecified atom stereocenters. The highest BCUT2D eigenvalue weighted by Crippen LogP contribution is 2.38. The average molecular weight is 370 g/mol. The number of likely N-dealkylation sites (tertiary alicyclic amines) is 1. The third-order valence-electron chi connectivity index (χ3n) is 5.93. The Labute approximate surface area is 157 Å². The lowest BCUT2D eigenvalue weighted by Crippen LogP contribution is -2.49. The molecule has 2 aromatic rings. The predicted octanol–water partition coefficient (Wildman–Crippen LogP) is 2.78. The first-order chi connectivity index (χ1) is 13.0. The molecule has 142 valence electrons. The molecule has 2 aliphatic rings. The second-order valence-electron chi connectivity index (χ2n) is 7.53. The summed E-state index contributed by atoms with van der Waals surface area (Å²) in [6, 6.07) is 7.43. The number of ether oxygens (including phenoxy) is 1. The largest absolute Gasteiger partial charge is 0.381 e. The standard InChI is InChI=1S/C21H23FN2O3/c1-13-9-10-24(17-7-5-16(22)6-8-17)21(26)18(13)20(25)23-11-14-3-4-15(12-23)19(14)27-2/h5-10,14-15,19H,3-4,11-12H2,1-2H3/t14-,15+,19?. The first-order valence-electron chi connectivity index (χ1n) is 9.30. The molecule has 0 radical (unpaired) electrons. The molecule has 2 heterocycles. The molecule has 1 aliphatic heterocycles. The van der Waals surface area contributed by atoms with Gasteiger partial charge in [-0.1, -0.05) is 0 Å². The first-order valence-corrected chi connectivity index (χ1v) is 9.30. The number of halogens is 1. The van der Waals surface area contributed by atoms with Gasteiger partial charge in [-0.05, 0) is 55.7 Å². The fraction of sp³-hybridized carbons (Fsp3) is 0.429. The highest BCUT2D eigenvalue weighted by molar-refractivity contribution is 5.95. The van der Waals surface area contributed by atoms with Crippen molar-refractivity contribution in [2.24, 2.45) is 11.8 Å². The van der Waals surface area contributed by atoms with E-state index in [-0.39, 0.29) is 29.0 Å². The van der Waals surface area contributed by atoms with E-state index in [1.54, 1.807) is 31.2 Å². The highest BCUT2D eigenvalue weighted by atomic mass is 19.1. The molecule has 1 amide bonds. The van der Waals surface area contributed by atoms with Crippen LogP contribution in [0, 0.1) is 24.6 Å². The minimum absolute atomic E-state index is 0.192. The minimum atomic E-state index is -0.369. The molecule has 1 saturated carbocycles. The van der Waals surface area contributed by atoms with Gasteiger partial charge >= 0.3 is 0 Å². The molecular weight excluding hydrogens is 347 g/mol. The number of benzene rings is 1. The molecule has 1 saturated heterocycles. The molecule has 2 bridgehead atoms. The van der Waals surface area contributed by atoms with E-state index in [0.29, 0.717) is 36.2 Å². The van der Waals surface area contributed by atoms with Gasteiger partial charge in [0.15, 0.2) is 0 Å². The number of hydrogen-bond acceptors (Lipinski definition) is 3. The number of fused-ring (bicyclic) bond motifs is 2. The van der Waals surface area contributed by atoms with Gasteiger partial charge in [-0.2, -0.15) is 0 Å². The Morgan fingerprint density at radius 3 is 2.33 bits per heavy atom. The predicted molar refractivity (Wildman–Crippen MR) is 99.6 cm³/mol. The Hall–Kier alpha value is -2.47. The second kappa shape index (κ2) is 6.93. The molecule has 0 N–H and O–H groups in total. The number of carbonyl (C=O) groups is 1. The average Bonchev–Trinajstić information content (AvgIpc) is 2.90. The Morgan fingerprint density at radius 2 is 1.74 bits per heavy atom. The van der Waals surface area contributed by atoms with E-state index < -0.39 is 0 Å². The summed E-state index contributed by atoms with van der Waals surface area (Å²) in [5, 5.41) is 0. The first kappa shape index (κ1) is 17.9. The number of pyridine rings is 1. The van der Waals surface area contributed by atoms with Gasteiger partial charge in [-0.25, -0.2) is 4.39 Å². The van der Waals surface area contributed by atoms with Gasteiger partial charge in [0.05, 0.1) is 6.10 Å². The van der Waals surface area contributed by atoms with Crippen molar-refractivity contribution in [2.75, 3.05) is 20.2 Å². The maximum absolute atomic E-state index is 13.2. The highest BCUT2D eigenvalue weighted by Gasteiger charge is 2.44. The van der Waals surface area contributed by atoms with Gasteiger partial charge in [-0.15, -0.1) is 0 Å². The third-order valence-corrected chi connectivity index (χ3v) is 5.93. The summed E-state index contributed by atoms with van der Waals surface area (Å²) in [5.74, 6) is 0.0780.